The van der Waals surface area contributed by atoms with Crippen LogP contribution in [0.25, 0.3) is 11.1 Å². The Labute approximate surface area is 145 Å². The highest BCUT2D eigenvalue weighted by atomic mass is 35.5. The van der Waals surface area contributed by atoms with E-state index in [0.29, 0.717) is 11.6 Å². The number of benzene rings is 1. The number of likely N-dealkylation sites (tertiary alicyclic amines) is 1. The number of nitrogen functional groups attached to an aromatic ring is 1. The zero-order valence-electron chi connectivity index (χ0n) is 13.3. The highest BCUT2D eigenvalue weighted by molar-refractivity contribution is 6.30. The summed E-state index contributed by atoms with van der Waals surface area (Å²) in [5, 5.41) is 0.661. The summed E-state index contributed by atoms with van der Waals surface area (Å²) < 4.78 is 0. The fourth-order valence-corrected chi connectivity index (χ4v) is 3.27. The Morgan fingerprint density at radius 2 is 2.04 bits per heavy atom. The van der Waals surface area contributed by atoms with Crippen LogP contribution in [0.1, 0.15) is 31.0 Å². The number of hydrogen-bond acceptors (Lipinski definition) is 5. The van der Waals surface area contributed by atoms with E-state index in [1.54, 1.807) is 6.20 Å². The number of nitrogens with zero attached hydrogens (tertiary/aromatic N) is 3. The molecule has 1 aliphatic rings. The van der Waals surface area contributed by atoms with Crippen molar-refractivity contribution in [2.24, 2.45) is 5.73 Å². The third-order valence-electron chi connectivity index (χ3n) is 4.31. The first-order valence-electron chi connectivity index (χ1n) is 7.98. The minimum atomic E-state index is -0.134. The molecular weight excluding hydrogens is 326 g/mol. The van der Waals surface area contributed by atoms with Crippen LogP contribution < -0.4 is 11.5 Å². The molecule has 1 atom stereocenters. The van der Waals surface area contributed by atoms with E-state index in [-0.39, 0.29) is 24.4 Å². The van der Waals surface area contributed by atoms with E-state index in [1.165, 1.54) is 0 Å². The lowest BCUT2D eigenvalue weighted by Gasteiger charge is -2.36. The smallest absolute Gasteiger partial charge is 0.236 e. The summed E-state index contributed by atoms with van der Waals surface area (Å²) in [6, 6.07) is 7.34. The average Bonchev–Trinajstić information content (AvgIpc) is 2.62. The number of rotatable bonds is 3. The SMILES string of the molecule is NCC(=O)N1CCCCC1c1nc(N)ncc1-c1ccc(Cl)cc1. The van der Waals surface area contributed by atoms with E-state index in [9.17, 15) is 4.79 Å². The maximum Gasteiger partial charge on any atom is 0.236 e. The summed E-state index contributed by atoms with van der Waals surface area (Å²) in [5.74, 6) is 0.132. The Hall–Kier alpha value is -2.18. The Kier molecular flexibility index (Phi) is 4.97. The van der Waals surface area contributed by atoms with Gasteiger partial charge in [0.05, 0.1) is 18.3 Å². The van der Waals surface area contributed by atoms with Gasteiger partial charge in [0.1, 0.15) is 0 Å². The molecule has 1 unspecified atom stereocenters. The van der Waals surface area contributed by atoms with Gasteiger partial charge in [-0.25, -0.2) is 9.97 Å². The number of carbonyl (C=O) groups is 1. The molecule has 0 bridgehead atoms. The number of amides is 1. The molecule has 1 saturated heterocycles. The predicted octanol–water partition coefficient (Wildman–Crippen LogP) is 2.39. The molecule has 24 heavy (non-hydrogen) atoms. The van der Waals surface area contributed by atoms with Gasteiger partial charge in [-0.3, -0.25) is 4.79 Å². The summed E-state index contributed by atoms with van der Waals surface area (Å²) in [6.07, 6.45) is 4.55. The number of carbonyl (C=O) groups excluding carboxylic acids is 1. The van der Waals surface area contributed by atoms with Crippen molar-refractivity contribution < 1.29 is 4.79 Å². The van der Waals surface area contributed by atoms with Crippen LogP contribution in [-0.2, 0) is 4.79 Å². The van der Waals surface area contributed by atoms with Crippen molar-refractivity contribution >= 4 is 23.5 Å². The first kappa shape index (κ1) is 16.7. The van der Waals surface area contributed by atoms with Gasteiger partial charge in [-0.05, 0) is 37.0 Å². The second kappa shape index (κ2) is 7.15. The standard InChI is InChI=1S/C17H20ClN5O/c18-12-6-4-11(5-7-12)13-10-21-17(20)22-16(13)14-3-1-2-8-23(14)15(24)9-19/h4-7,10,14H,1-3,8-9,19H2,(H2,20,21,22). The summed E-state index contributed by atoms with van der Waals surface area (Å²) in [7, 11) is 0. The molecule has 2 aromatic rings. The molecule has 0 radical (unpaired) electrons. The van der Waals surface area contributed by atoms with Gasteiger partial charge in [0.15, 0.2) is 0 Å². The quantitative estimate of drug-likeness (QED) is 0.890. The number of piperidine rings is 1. The molecule has 1 fully saturated rings. The zero-order valence-corrected chi connectivity index (χ0v) is 14.0. The Morgan fingerprint density at radius 3 is 2.75 bits per heavy atom. The first-order valence-corrected chi connectivity index (χ1v) is 8.36. The second-order valence-corrected chi connectivity index (χ2v) is 6.27. The van der Waals surface area contributed by atoms with Crippen LogP contribution in [0.5, 0.6) is 0 Å². The molecular formula is C17H20ClN5O. The molecule has 126 valence electrons. The van der Waals surface area contributed by atoms with Crippen molar-refractivity contribution in [3.63, 3.8) is 0 Å². The topological polar surface area (TPSA) is 98.1 Å². The monoisotopic (exact) mass is 345 g/mol. The number of halogens is 1. The van der Waals surface area contributed by atoms with Crippen LogP contribution in [0, 0.1) is 0 Å². The minimum absolute atomic E-state index is 0.00660. The van der Waals surface area contributed by atoms with Crippen molar-refractivity contribution in [1.29, 1.82) is 0 Å². The number of anilines is 1. The molecule has 1 aromatic carbocycles. The normalized spacial score (nSPS) is 17.8. The van der Waals surface area contributed by atoms with Crippen molar-refractivity contribution in [3.8, 4) is 11.1 Å². The van der Waals surface area contributed by atoms with E-state index in [1.807, 2.05) is 29.2 Å². The van der Waals surface area contributed by atoms with Crippen LogP contribution in [0.2, 0.25) is 5.02 Å². The number of hydrogen-bond donors (Lipinski definition) is 2. The molecule has 2 heterocycles. The Morgan fingerprint density at radius 1 is 1.29 bits per heavy atom. The van der Waals surface area contributed by atoms with Gasteiger partial charge in [0.2, 0.25) is 11.9 Å². The van der Waals surface area contributed by atoms with Gasteiger partial charge in [0, 0.05) is 23.3 Å². The van der Waals surface area contributed by atoms with Crippen molar-refractivity contribution in [1.82, 2.24) is 14.9 Å². The van der Waals surface area contributed by atoms with E-state index in [0.717, 1.165) is 36.1 Å². The van der Waals surface area contributed by atoms with Crippen LogP contribution in [0.4, 0.5) is 5.95 Å². The van der Waals surface area contributed by atoms with Gasteiger partial charge >= 0.3 is 0 Å². The zero-order chi connectivity index (χ0) is 17.1. The molecule has 0 aliphatic carbocycles. The van der Waals surface area contributed by atoms with Gasteiger partial charge in [-0.1, -0.05) is 23.7 Å². The average molecular weight is 346 g/mol. The second-order valence-electron chi connectivity index (χ2n) is 5.84. The van der Waals surface area contributed by atoms with Gasteiger partial charge in [-0.15, -0.1) is 0 Å². The van der Waals surface area contributed by atoms with E-state index < -0.39 is 0 Å². The minimum Gasteiger partial charge on any atom is -0.368 e. The molecule has 3 rings (SSSR count). The van der Waals surface area contributed by atoms with Crippen molar-refractivity contribution in [3.05, 3.63) is 41.2 Å². The lowest BCUT2D eigenvalue weighted by Crippen LogP contribution is -2.42. The highest BCUT2D eigenvalue weighted by Crippen LogP contribution is 2.36. The third kappa shape index (κ3) is 3.34. The third-order valence-corrected chi connectivity index (χ3v) is 4.56. The summed E-state index contributed by atoms with van der Waals surface area (Å²) in [5.41, 5.74) is 14.0. The summed E-state index contributed by atoms with van der Waals surface area (Å²) in [6.45, 7) is 0.679. The maximum atomic E-state index is 12.2. The van der Waals surface area contributed by atoms with Gasteiger partial charge < -0.3 is 16.4 Å². The molecule has 1 aromatic heterocycles. The lowest BCUT2D eigenvalue weighted by molar-refractivity contribution is -0.133. The fraction of sp³-hybridized carbons (Fsp3) is 0.353. The van der Waals surface area contributed by atoms with Crippen LogP contribution >= 0.6 is 11.6 Å². The number of aromatic nitrogens is 2. The fourth-order valence-electron chi connectivity index (χ4n) is 3.15. The Balaban J connectivity index is 2.06. The van der Waals surface area contributed by atoms with E-state index in [4.69, 9.17) is 23.1 Å². The van der Waals surface area contributed by atoms with Crippen LogP contribution in [-0.4, -0.2) is 33.9 Å². The first-order chi connectivity index (χ1) is 11.6. The molecule has 0 spiro atoms. The van der Waals surface area contributed by atoms with Gasteiger partial charge in [-0.2, -0.15) is 0 Å². The predicted molar refractivity (Wildman–Crippen MR) is 94.2 cm³/mol. The van der Waals surface area contributed by atoms with Crippen LogP contribution in [0.3, 0.4) is 0 Å². The summed E-state index contributed by atoms with van der Waals surface area (Å²) >= 11 is 5.98. The molecule has 1 amide bonds. The maximum absolute atomic E-state index is 12.2. The van der Waals surface area contributed by atoms with Crippen molar-refractivity contribution in [2.45, 2.75) is 25.3 Å². The highest BCUT2D eigenvalue weighted by Gasteiger charge is 2.30. The summed E-state index contributed by atoms with van der Waals surface area (Å²) in [4.78, 5) is 22.6. The molecule has 1 aliphatic heterocycles. The van der Waals surface area contributed by atoms with E-state index >= 15 is 0 Å². The molecule has 7 heteroatoms. The molecule has 6 nitrogen and oxygen atoms in total. The number of nitrogens with two attached hydrogens (primary N) is 2. The largest absolute Gasteiger partial charge is 0.368 e. The van der Waals surface area contributed by atoms with E-state index in [2.05, 4.69) is 9.97 Å². The van der Waals surface area contributed by atoms with Crippen LogP contribution in [0.15, 0.2) is 30.5 Å². The molecule has 4 N–H and O–H groups in total. The van der Waals surface area contributed by atoms with Gasteiger partial charge in [0.25, 0.3) is 0 Å². The molecule has 0 saturated carbocycles. The van der Waals surface area contributed by atoms with Crippen molar-refractivity contribution in [2.75, 3.05) is 18.8 Å². The lowest BCUT2D eigenvalue weighted by atomic mass is 9.93. The Bertz CT molecular complexity index is 734.